The van der Waals surface area contributed by atoms with Crippen LogP contribution in [-0.4, -0.2) is 28.6 Å². The van der Waals surface area contributed by atoms with Crippen molar-refractivity contribution >= 4 is 56.9 Å². The summed E-state index contributed by atoms with van der Waals surface area (Å²) in [5.41, 5.74) is 2.58. The number of nitrogens with zero attached hydrogens (tertiary/aromatic N) is 1. The maximum absolute atomic E-state index is 12.2. The van der Waals surface area contributed by atoms with E-state index in [0.717, 1.165) is 38.6 Å². The van der Waals surface area contributed by atoms with Gasteiger partial charge in [-0.2, -0.15) is 0 Å². The number of nitrogens with one attached hydrogen (secondary N) is 2. The van der Waals surface area contributed by atoms with Gasteiger partial charge in [-0.1, -0.05) is 61.4 Å². The van der Waals surface area contributed by atoms with E-state index in [-0.39, 0.29) is 11.8 Å². The summed E-state index contributed by atoms with van der Waals surface area (Å²) in [4.78, 5) is 29.0. The Bertz CT molecular complexity index is 1070. The summed E-state index contributed by atoms with van der Waals surface area (Å²) < 4.78 is 1.85. The Hall–Kier alpha value is -2.64. The summed E-state index contributed by atoms with van der Waals surface area (Å²) in [6.07, 6.45) is 9.18. The second-order valence-corrected chi connectivity index (χ2v) is 9.84. The van der Waals surface area contributed by atoms with Crippen molar-refractivity contribution in [3.63, 3.8) is 0 Å². The molecular formula is C24H25N3O2S2. The van der Waals surface area contributed by atoms with E-state index in [2.05, 4.69) is 15.6 Å². The van der Waals surface area contributed by atoms with Crippen molar-refractivity contribution in [1.82, 2.24) is 10.3 Å². The fourth-order valence-corrected chi connectivity index (χ4v) is 5.53. The number of hydrogen-bond donors (Lipinski definition) is 2. The first-order valence-electron chi connectivity index (χ1n) is 10.5. The molecule has 0 spiro atoms. The number of hydrogen-bond acceptors (Lipinski definition) is 5. The smallest absolute Gasteiger partial charge is 0.248 e. The first kappa shape index (κ1) is 21.6. The number of rotatable bonds is 7. The molecule has 1 heterocycles. The Morgan fingerprint density at radius 1 is 1.10 bits per heavy atom. The highest BCUT2D eigenvalue weighted by Gasteiger charge is 2.16. The van der Waals surface area contributed by atoms with Crippen LogP contribution >= 0.6 is 23.1 Å². The van der Waals surface area contributed by atoms with Gasteiger partial charge in [0, 0.05) is 17.8 Å². The fraction of sp³-hybridized carbons (Fsp3) is 0.292. The van der Waals surface area contributed by atoms with Crippen LogP contribution in [-0.2, 0) is 9.59 Å². The number of thiazole rings is 1. The number of fused-ring (bicyclic) bond motifs is 1. The quantitative estimate of drug-likeness (QED) is 0.368. The highest BCUT2D eigenvalue weighted by Crippen LogP contribution is 2.31. The molecule has 4 rings (SSSR count). The van der Waals surface area contributed by atoms with Crippen molar-refractivity contribution in [2.24, 2.45) is 0 Å². The van der Waals surface area contributed by atoms with Crippen LogP contribution in [0.2, 0.25) is 0 Å². The molecule has 1 fully saturated rings. The second-order valence-electron chi connectivity index (χ2n) is 7.59. The molecule has 2 amide bonds. The summed E-state index contributed by atoms with van der Waals surface area (Å²) in [5, 5.41) is 6.03. The number of amides is 2. The van der Waals surface area contributed by atoms with E-state index < -0.39 is 0 Å². The zero-order valence-corrected chi connectivity index (χ0v) is 18.8. The van der Waals surface area contributed by atoms with E-state index in [4.69, 9.17) is 0 Å². The Kier molecular flexibility index (Phi) is 7.38. The van der Waals surface area contributed by atoms with E-state index in [9.17, 15) is 9.59 Å². The average molecular weight is 452 g/mol. The van der Waals surface area contributed by atoms with Crippen molar-refractivity contribution in [2.45, 2.75) is 42.5 Å². The molecular weight excluding hydrogens is 426 g/mol. The van der Waals surface area contributed by atoms with Gasteiger partial charge in [-0.05, 0) is 42.7 Å². The molecule has 160 valence electrons. The standard InChI is InChI=1S/C24H25N3O2S2/c28-22(14-11-17-7-3-1-4-8-17)26-19-12-13-20-21(15-19)31-24(27-20)30-16-23(29)25-18-9-5-2-6-10-18/h1,3-4,7-8,11-15,18H,2,5-6,9-10,16H2,(H,25,29)(H,26,28). The molecule has 1 saturated carbocycles. The number of carbonyl (C=O) groups is 2. The van der Waals surface area contributed by atoms with Crippen LogP contribution in [0.3, 0.4) is 0 Å². The SMILES string of the molecule is O=C(C=Cc1ccccc1)Nc1ccc2nc(SCC(=O)NC3CCCCC3)sc2c1. The number of thioether (sulfide) groups is 1. The molecule has 0 radical (unpaired) electrons. The Balaban J connectivity index is 1.31. The lowest BCUT2D eigenvalue weighted by atomic mass is 9.95. The lowest BCUT2D eigenvalue weighted by Gasteiger charge is -2.22. The summed E-state index contributed by atoms with van der Waals surface area (Å²) in [6, 6.07) is 15.7. The van der Waals surface area contributed by atoms with Crippen molar-refractivity contribution in [1.29, 1.82) is 0 Å². The van der Waals surface area contributed by atoms with Gasteiger partial charge in [-0.25, -0.2) is 4.98 Å². The van der Waals surface area contributed by atoms with Crippen molar-refractivity contribution in [3.8, 4) is 0 Å². The van der Waals surface area contributed by atoms with Crippen molar-refractivity contribution < 1.29 is 9.59 Å². The largest absolute Gasteiger partial charge is 0.353 e. The normalized spacial score (nSPS) is 14.7. The fourth-order valence-electron chi connectivity index (χ4n) is 3.61. The van der Waals surface area contributed by atoms with Gasteiger partial charge in [0.05, 0.1) is 16.0 Å². The third-order valence-corrected chi connectivity index (χ3v) is 7.32. The molecule has 31 heavy (non-hydrogen) atoms. The van der Waals surface area contributed by atoms with Gasteiger partial charge in [0.25, 0.3) is 0 Å². The van der Waals surface area contributed by atoms with Crippen LogP contribution in [0.5, 0.6) is 0 Å². The summed E-state index contributed by atoms with van der Waals surface area (Å²) in [6.45, 7) is 0. The molecule has 0 saturated heterocycles. The number of aromatic nitrogens is 1. The third kappa shape index (κ3) is 6.42. The first-order valence-corrected chi connectivity index (χ1v) is 12.3. The number of benzene rings is 2. The van der Waals surface area contributed by atoms with Gasteiger partial charge in [-0.3, -0.25) is 9.59 Å². The lowest BCUT2D eigenvalue weighted by Crippen LogP contribution is -2.37. The van der Waals surface area contributed by atoms with E-state index in [1.54, 1.807) is 6.08 Å². The van der Waals surface area contributed by atoms with Crippen molar-refractivity contribution in [2.75, 3.05) is 11.1 Å². The van der Waals surface area contributed by atoms with Crippen LogP contribution in [0.25, 0.3) is 16.3 Å². The van der Waals surface area contributed by atoms with E-state index in [0.29, 0.717) is 11.8 Å². The molecule has 2 N–H and O–H groups in total. The number of anilines is 1. The van der Waals surface area contributed by atoms with Crippen LogP contribution in [0, 0.1) is 0 Å². The van der Waals surface area contributed by atoms with Crippen LogP contribution < -0.4 is 10.6 Å². The summed E-state index contributed by atoms with van der Waals surface area (Å²) in [5.74, 6) is 0.278. The van der Waals surface area contributed by atoms with Crippen LogP contribution in [0.1, 0.15) is 37.7 Å². The molecule has 0 atom stereocenters. The molecule has 2 aromatic carbocycles. The van der Waals surface area contributed by atoms with Gasteiger partial charge < -0.3 is 10.6 Å². The Labute approximate surface area is 190 Å². The molecule has 0 bridgehead atoms. The lowest BCUT2D eigenvalue weighted by molar-refractivity contribution is -0.119. The minimum Gasteiger partial charge on any atom is -0.353 e. The predicted octanol–water partition coefficient (Wildman–Crippen LogP) is 5.49. The third-order valence-electron chi connectivity index (χ3n) is 5.16. The number of carbonyl (C=O) groups excluding carboxylic acids is 2. The molecule has 7 heteroatoms. The topological polar surface area (TPSA) is 71.1 Å². The molecule has 3 aromatic rings. The monoisotopic (exact) mass is 451 g/mol. The zero-order valence-electron chi connectivity index (χ0n) is 17.2. The van der Waals surface area contributed by atoms with Gasteiger partial charge in [0.1, 0.15) is 0 Å². The van der Waals surface area contributed by atoms with E-state index in [1.165, 1.54) is 48.4 Å². The predicted molar refractivity (Wildman–Crippen MR) is 129 cm³/mol. The first-order chi connectivity index (χ1) is 15.2. The Morgan fingerprint density at radius 2 is 1.90 bits per heavy atom. The van der Waals surface area contributed by atoms with Crippen molar-refractivity contribution in [3.05, 3.63) is 60.2 Å². The average Bonchev–Trinajstić information content (AvgIpc) is 3.20. The molecule has 0 unspecified atom stereocenters. The Morgan fingerprint density at radius 3 is 2.71 bits per heavy atom. The second kappa shape index (κ2) is 10.6. The molecule has 1 aliphatic carbocycles. The molecule has 5 nitrogen and oxygen atoms in total. The minimum absolute atomic E-state index is 0.0781. The summed E-state index contributed by atoms with van der Waals surface area (Å²) >= 11 is 3.00. The van der Waals surface area contributed by atoms with Gasteiger partial charge in [0.15, 0.2) is 4.34 Å². The maximum atomic E-state index is 12.2. The van der Waals surface area contributed by atoms with Gasteiger partial charge >= 0.3 is 0 Å². The molecule has 1 aromatic heterocycles. The highest BCUT2D eigenvalue weighted by atomic mass is 32.2. The van der Waals surface area contributed by atoms with E-state index in [1.807, 2.05) is 48.5 Å². The highest BCUT2D eigenvalue weighted by molar-refractivity contribution is 8.01. The molecule has 1 aliphatic rings. The minimum atomic E-state index is -0.179. The molecule has 0 aliphatic heterocycles. The summed E-state index contributed by atoms with van der Waals surface area (Å²) in [7, 11) is 0. The van der Waals surface area contributed by atoms with Crippen LogP contribution in [0.4, 0.5) is 5.69 Å². The van der Waals surface area contributed by atoms with Gasteiger partial charge in [-0.15, -0.1) is 11.3 Å². The van der Waals surface area contributed by atoms with Crippen LogP contribution in [0.15, 0.2) is 58.9 Å². The van der Waals surface area contributed by atoms with Gasteiger partial charge in [0.2, 0.25) is 11.8 Å². The van der Waals surface area contributed by atoms with E-state index >= 15 is 0 Å². The zero-order chi connectivity index (χ0) is 21.5. The maximum Gasteiger partial charge on any atom is 0.248 e.